The fraction of sp³-hybridized carbons (Fsp3) is 0.818. The van der Waals surface area contributed by atoms with Crippen molar-refractivity contribution < 1.29 is 19.4 Å². The zero-order valence-corrected chi connectivity index (χ0v) is 10.1. The van der Waals surface area contributed by atoms with Gasteiger partial charge in [-0.15, -0.1) is 0 Å². The number of morpholine rings is 1. The highest BCUT2D eigenvalue weighted by molar-refractivity contribution is 5.91. The fourth-order valence-electron chi connectivity index (χ4n) is 2.49. The maximum Gasteiger partial charge on any atom is 0.307 e. The highest BCUT2D eigenvalue weighted by atomic mass is 16.5. The minimum atomic E-state index is -0.892. The molecule has 2 aliphatic rings. The van der Waals surface area contributed by atoms with Crippen molar-refractivity contribution in [3.63, 3.8) is 0 Å². The summed E-state index contributed by atoms with van der Waals surface area (Å²) in [5, 5.41) is 10.8. The number of carboxylic acid groups (broad SMARTS) is 1. The molecule has 1 aliphatic carbocycles. The molecule has 0 aromatic carbocycles. The SMILES string of the molecule is CC1(C)[C@H](C(=O)O)[C@@H]1C(=O)NN1CCOCC1. The van der Waals surface area contributed by atoms with Gasteiger partial charge < -0.3 is 9.84 Å². The maximum atomic E-state index is 11.9. The van der Waals surface area contributed by atoms with Gasteiger partial charge in [0.25, 0.3) is 0 Å². The van der Waals surface area contributed by atoms with Crippen LogP contribution in [0.1, 0.15) is 13.8 Å². The Balaban J connectivity index is 1.90. The normalized spacial score (nSPS) is 31.9. The molecule has 1 aliphatic heterocycles. The van der Waals surface area contributed by atoms with E-state index in [1.54, 1.807) is 5.01 Å². The molecule has 2 rings (SSSR count). The number of rotatable bonds is 3. The molecule has 1 saturated heterocycles. The second kappa shape index (κ2) is 4.27. The zero-order chi connectivity index (χ0) is 12.6. The summed E-state index contributed by atoms with van der Waals surface area (Å²) in [4.78, 5) is 22.9. The predicted molar refractivity (Wildman–Crippen MR) is 58.9 cm³/mol. The largest absolute Gasteiger partial charge is 0.481 e. The van der Waals surface area contributed by atoms with Crippen LogP contribution in [-0.4, -0.2) is 48.3 Å². The van der Waals surface area contributed by atoms with Crippen LogP contribution in [0.5, 0.6) is 0 Å². The molecule has 17 heavy (non-hydrogen) atoms. The van der Waals surface area contributed by atoms with Crippen molar-refractivity contribution in [3.05, 3.63) is 0 Å². The number of nitrogens with zero attached hydrogens (tertiary/aromatic N) is 1. The lowest BCUT2D eigenvalue weighted by atomic mass is 10.1. The number of ether oxygens (including phenoxy) is 1. The Labute approximate surface area is 99.9 Å². The van der Waals surface area contributed by atoms with Gasteiger partial charge in [-0.2, -0.15) is 0 Å². The van der Waals surface area contributed by atoms with Crippen LogP contribution in [0.15, 0.2) is 0 Å². The number of aliphatic carboxylic acids is 1. The van der Waals surface area contributed by atoms with Crippen LogP contribution in [0, 0.1) is 17.3 Å². The molecule has 0 bridgehead atoms. The van der Waals surface area contributed by atoms with Gasteiger partial charge >= 0.3 is 5.97 Å². The maximum absolute atomic E-state index is 11.9. The van der Waals surface area contributed by atoms with E-state index < -0.39 is 23.2 Å². The molecule has 0 aromatic rings. The van der Waals surface area contributed by atoms with Crippen LogP contribution in [0.2, 0.25) is 0 Å². The van der Waals surface area contributed by atoms with Crippen molar-refractivity contribution in [2.75, 3.05) is 26.3 Å². The summed E-state index contributed by atoms with van der Waals surface area (Å²) in [7, 11) is 0. The molecule has 1 heterocycles. The monoisotopic (exact) mass is 242 g/mol. The van der Waals surface area contributed by atoms with Gasteiger partial charge in [-0.05, 0) is 5.41 Å². The van der Waals surface area contributed by atoms with Crippen molar-refractivity contribution in [2.24, 2.45) is 17.3 Å². The van der Waals surface area contributed by atoms with Gasteiger partial charge in [0.1, 0.15) is 0 Å². The van der Waals surface area contributed by atoms with Gasteiger partial charge in [-0.25, -0.2) is 5.01 Å². The van der Waals surface area contributed by atoms with Gasteiger partial charge in [-0.3, -0.25) is 15.0 Å². The number of hydrogen-bond acceptors (Lipinski definition) is 4. The highest BCUT2D eigenvalue weighted by Gasteiger charge is 2.66. The van der Waals surface area contributed by atoms with Crippen molar-refractivity contribution in [1.82, 2.24) is 10.4 Å². The third kappa shape index (κ3) is 2.28. The van der Waals surface area contributed by atoms with Crippen molar-refractivity contribution in [1.29, 1.82) is 0 Å². The third-order valence-electron chi connectivity index (χ3n) is 3.66. The quantitative estimate of drug-likeness (QED) is 0.710. The summed E-state index contributed by atoms with van der Waals surface area (Å²) in [6.45, 7) is 6.12. The second-order valence-electron chi connectivity index (χ2n) is 5.19. The third-order valence-corrected chi connectivity index (χ3v) is 3.66. The van der Waals surface area contributed by atoms with Crippen LogP contribution in [-0.2, 0) is 14.3 Å². The van der Waals surface area contributed by atoms with Crippen LogP contribution in [0.4, 0.5) is 0 Å². The van der Waals surface area contributed by atoms with Gasteiger partial charge in [0.2, 0.25) is 5.91 Å². The Morgan fingerprint density at radius 2 is 1.88 bits per heavy atom. The molecule has 2 atom stereocenters. The molecule has 6 nitrogen and oxygen atoms in total. The summed E-state index contributed by atoms with van der Waals surface area (Å²) in [5.74, 6) is -2.08. The minimum absolute atomic E-state index is 0.190. The molecule has 2 fully saturated rings. The first kappa shape index (κ1) is 12.3. The molecule has 1 saturated carbocycles. The minimum Gasteiger partial charge on any atom is -0.481 e. The predicted octanol–water partition coefficient (Wildman–Crippen LogP) is -0.293. The summed E-state index contributed by atoms with van der Waals surface area (Å²) in [6.07, 6.45) is 0. The molecule has 0 aromatic heterocycles. The van der Waals surface area contributed by atoms with E-state index in [9.17, 15) is 9.59 Å². The average Bonchev–Trinajstić information content (AvgIpc) is 2.83. The lowest BCUT2D eigenvalue weighted by Crippen LogP contribution is -2.49. The Morgan fingerprint density at radius 1 is 1.29 bits per heavy atom. The molecule has 0 radical (unpaired) electrons. The molecule has 0 unspecified atom stereocenters. The standard InChI is InChI=1S/C11H18N2O4/c1-11(2)7(8(11)10(15)16)9(14)12-13-3-5-17-6-4-13/h7-8H,3-6H2,1-2H3,(H,12,14)(H,15,16)/t7-,8+/m1/s1. The Hall–Kier alpha value is -1.14. The van der Waals surface area contributed by atoms with Crippen molar-refractivity contribution >= 4 is 11.9 Å². The van der Waals surface area contributed by atoms with Crippen LogP contribution >= 0.6 is 0 Å². The summed E-state index contributed by atoms with van der Waals surface area (Å²) in [5.41, 5.74) is 2.33. The highest BCUT2D eigenvalue weighted by Crippen LogP contribution is 2.58. The summed E-state index contributed by atoms with van der Waals surface area (Å²) >= 11 is 0. The van der Waals surface area contributed by atoms with Gasteiger partial charge in [0, 0.05) is 13.1 Å². The Bertz CT molecular complexity index is 336. The number of nitrogens with one attached hydrogen (secondary N) is 1. The van der Waals surface area contributed by atoms with E-state index in [0.29, 0.717) is 26.3 Å². The smallest absolute Gasteiger partial charge is 0.307 e. The Morgan fingerprint density at radius 3 is 2.35 bits per heavy atom. The number of amides is 1. The number of carbonyl (C=O) groups is 2. The van der Waals surface area contributed by atoms with E-state index in [0.717, 1.165) is 0 Å². The van der Waals surface area contributed by atoms with Crippen LogP contribution in [0.25, 0.3) is 0 Å². The fourth-order valence-corrected chi connectivity index (χ4v) is 2.49. The van der Waals surface area contributed by atoms with Crippen LogP contribution in [0.3, 0.4) is 0 Å². The molecular weight excluding hydrogens is 224 g/mol. The molecule has 2 N–H and O–H groups in total. The molecule has 96 valence electrons. The first-order valence-corrected chi connectivity index (χ1v) is 5.80. The van der Waals surface area contributed by atoms with Gasteiger partial charge in [-0.1, -0.05) is 13.8 Å². The van der Waals surface area contributed by atoms with E-state index in [4.69, 9.17) is 9.84 Å². The second-order valence-corrected chi connectivity index (χ2v) is 5.19. The van der Waals surface area contributed by atoms with E-state index >= 15 is 0 Å². The molecular formula is C11H18N2O4. The zero-order valence-electron chi connectivity index (χ0n) is 10.1. The van der Waals surface area contributed by atoms with Gasteiger partial charge in [0.05, 0.1) is 25.0 Å². The molecule has 0 spiro atoms. The first-order chi connectivity index (χ1) is 7.94. The summed E-state index contributed by atoms with van der Waals surface area (Å²) in [6, 6.07) is 0. The van der Waals surface area contributed by atoms with E-state index in [1.807, 2.05) is 13.8 Å². The number of carboxylic acids is 1. The Kier molecular flexibility index (Phi) is 3.09. The number of hydrazine groups is 1. The average molecular weight is 242 g/mol. The lowest BCUT2D eigenvalue weighted by Gasteiger charge is -2.27. The first-order valence-electron chi connectivity index (χ1n) is 5.80. The summed E-state index contributed by atoms with van der Waals surface area (Å²) < 4.78 is 5.17. The van der Waals surface area contributed by atoms with E-state index in [2.05, 4.69) is 5.43 Å². The topological polar surface area (TPSA) is 78.9 Å². The van der Waals surface area contributed by atoms with Crippen molar-refractivity contribution in [2.45, 2.75) is 13.8 Å². The molecule has 6 heteroatoms. The molecule has 1 amide bonds. The van der Waals surface area contributed by atoms with Crippen molar-refractivity contribution in [3.8, 4) is 0 Å². The number of hydrogen-bond donors (Lipinski definition) is 2. The van der Waals surface area contributed by atoms with E-state index in [1.165, 1.54) is 0 Å². The number of carbonyl (C=O) groups excluding carboxylic acids is 1. The lowest BCUT2D eigenvalue weighted by molar-refractivity contribution is -0.141. The van der Waals surface area contributed by atoms with Crippen LogP contribution < -0.4 is 5.43 Å². The van der Waals surface area contributed by atoms with Gasteiger partial charge in [0.15, 0.2) is 0 Å². The van der Waals surface area contributed by atoms with E-state index in [-0.39, 0.29) is 5.91 Å².